The number of aliphatic hydroxyl groups is 8. The number of rotatable bonds is 60. The van der Waals surface area contributed by atoms with Crippen molar-refractivity contribution in [3.05, 3.63) is 85.1 Å². The zero-order valence-electron chi connectivity index (χ0n) is 56.9. The molecule has 1 amide bonds. The van der Waals surface area contributed by atoms with Crippen LogP contribution in [0.2, 0.25) is 0 Å². The summed E-state index contributed by atoms with van der Waals surface area (Å²) in [5.74, 6) is -0.237. The molecule has 0 aromatic carbocycles. The summed E-state index contributed by atoms with van der Waals surface area (Å²) in [5.41, 5.74) is 0. The van der Waals surface area contributed by atoms with Crippen LogP contribution in [0.5, 0.6) is 0 Å². The summed E-state index contributed by atoms with van der Waals surface area (Å²) >= 11 is 0. The predicted molar refractivity (Wildman–Crippen MR) is 369 cm³/mol. The Labute approximate surface area is 548 Å². The van der Waals surface area contributed by atoms with Gasteiger partial charge in [-0.3, -0.25) is 4.79 Å². The molecule has 0 radical (unpaired) electrons. The first kappa shape index (κ1) is 83.3. The molecular weight excluding hydrogens is 1130 g/mol. The smallest absolute Gasteiger partial charge is 0.220 e. The standard InChI is InChI=1S/C76H135NO13/c1-3-5-7-9-11-13-15-17-19-21-22-23-24-25-26-27-28-29-30-31-32-33-34-35-36-37-38-39-40-41-42-44-46-48-50-52-54-56-58-60-68(81)77-64(65(80)59-57-55-53-51-49-47-45-43-20-18-16-14-12-10-8-6-4-2)63-87-75-73(86)71(84)74(67(62-79)89-75)90-76-72(85)70(83)69(82)66(61-78)88-76/h5,7,11,13,17,19,22-23,25-26,28-29,57,59,64-67,69-76,78-80,82-86H,3-4,6,8-10,12,14-16,18,20-21,24,27,30-56,58,60-63H2,1-2H3,(H,77,81)/b7-5-,13-11-,19-17-,23-22-,26-25-,29-28-,59-57+. The van der Waals surface area contributed by atoms with Crippen molar-refractivity contribution in [2.45, 2.75) is 370 Å². The van der Waals surface area contributed by atoms with Crippen molar-refractivity contribution >= 4 is 5.91 Å². The van der Waals surface area contributed by atoms with Gasteiger partial charge < -0.3 is 65.1 Å². The number of hydrogen-bond donors (Lipinski definition) is 9. The molecule has 12 atom stereocenters. The van der Waals surface area contributed by atoms with Crippen LogP contribution in [-0.2, 0) is 23.7 Å². The highest BCUT2D eigenvalue weighted by atomic mass is 16.7. The van der Waals surface area contributed by atoms with Gasteiger partial charge in [0.15, 0.2) is 12.6 Å². The maximum absolute atomic E-state index is 13.3. The molecule has 0 saturated carbocycles. The van der Waals surface area contributed by atoms with Crippen molar-refractivity contribution < 1.29 is 64.6 Å². The normalized spacial score (nSPS) is 23.4. The van der Waals surface area contributed by atoms with Gasteiger partial charge in [-0.1, -0.05) is 304 Å². The fraction of sp³-hybridized carbons (Fsp3) is 0.803. The lowest BCUT2D eigenvalue weighted by Crippen LogP contribution is -2.65. The monoisotopic (exact) mass is 1270 g/mol. The van der Waals surface area contributed by atoms with E-state index in [0.717, 1.165) is 77.0 Å². The largest absolute Gasteiger partial charge is 0.394 e. The average Bonchev–Trinajstić information content (AvgIpc) is 1.04. The van der Waals surface area contributed by atoms with Gasteiger partial charge >= 0.3 is 0 Å². The van der Waals surface area contributed by atoms with Gasteiger partial charge in [-0.25, -0.2) is 0 Å². The van der Waals surface area contributed by atoms with E-state index in [9.17, 15) is 45.6 Å². The van der Waals surface area contributed by atoms with Gasteiger partial charge in [-0.05, 0) is 70.6 Å². The third-order valence-corrected chi connectivity index (χ3v) is 17.6. The minimum atomic E-state index is -1.79. The molecule has 2 aliphatic heterocycles. The van der Waals surface area contributed by atoms with Gasteiger partial charge in [0, 0.05) is 6.42 Å². The first-order chi connectivity index (χ1) is 44.1. The van der Waals surface area contributed by atoms with E-state index in [-0.39, 0.29) is 18.9 Å². The summed E-state index contributed by atoms with van der Waals surface area (Å²) in [6.07, 6.45) is 66.5. The van der Waals surface area contributed by atoms with Crippen LogP contribution in [0.15, 0.2) is 85.1 Å². The van der Waals surface area contributed by atoms with Crippen molar-refractivity contribution in [1.82, 2.24) is 5.32 Å². The molecule has 2 fully saturated rings. The molecule has 0 bridgehead atoms. The van der Waals surface area contributed by atoms with E-state index < -0.39 is 86.8 Å². The van der Waals surface area contributed by atoms with Crippen molar-refractivity contribution in [2.75, 3.05) is 19.8 Å². The Bertz CT molecular complexity index is 1830. The van der Waals surface area contributed by atoms with Gasteiger partial charge in [0.05, 0.1) is 32.0 Å². The lowest BCUT2D eigenvalue weighted by molar-refractivity contribution is -0.359. The average molecular weight is 1270 g/mol. The number of carbonyl (C=O) groups is 1. The molecule has 2 aliphatic rings. The number of unbranched alkanes of at least 4 members (excludes halogenated alkanes) is 35. The number of allylic oxidation sites excluding steroid dienone is 13. The summed E-state index contributed by atoms with van der Waals surface area (Å²) in [6, 6.07) is -0.917. The second-order valence-corrected chi connectivity index (χ2v) is 25.7. The van der Waals surface area contributed by atoms with E-state index in [2.05, 4.69) is 92.1 Å². The minimum absolute atomic E-state index is 0.237. The zero-order chi connectivity index (χ0) is 65.2. The van der Waals surface area contributed by atoms with Gasteiger partial charge in [0.1, 0.15) is 48.8 Å². The van der Waals surface area contributed by atoms with Crippen LogP contribution < -0.4 is 5.32 Å². The third kappa shape index (κ3) is 43.2. The summed E-state index contributed by atoms with van der Waals surface area (Å²) in [5, 5.41) is 87.4. The topological polar surface area (TPSA) is 228 Å². The fourth-order valence-electron chi connectivity index (χ4n) is 11.8. The molecule has 0 spiro atoms. The van der Waals surface area contributed by atoms with E-state index in [0.29, 0.717) is 6.42 Å². The Balaban J connectivity index is 1.58. The van der Waals surface area contributed by atoms with Crippen LogP contribution in [0.4, 0.5) is 0 Å². The summed E-state index contributed by atoms with van der Waals surface area (Å²) in [6.45, 7) is 2.71. The number of amides is 1. The Morgan fingerprint density at radius 1 is 0.411 bits per heavy atom. The van der Waals surface area contributed by atoms with Crippen LogP contribution in [-0.4, -0.2) is 140 Å². The van der Waals surface area contributed by atoms with Crippen molar-refractivity contribution in [1.29, 1.82) is 0 Å². The number of carbonyl (C=O) groups excluding carboxylic acids is 1. The first-order valence-corrected chi connectivity index (χ1v) is 36.8. The molecule has 9 N–H and O–H groups in total. The van der Waals surface area contributed by atoms with E-state index in [1.54, 1.807) is 6.08 Å². The van der Waals surface area contributed by atoms with Crippen LogP contribution in [0.25, 0.3) is 0 Å². The molecule has 12 unspecified atom stereocenters. The molecule has 14 nitrogen and oxygen atoms in total. The molecule has 0 aromatic rings. The molecule has 2 heterocycles. The Kier molecular flexibility index (Phi) is 55.4. The summed E-state index contributed by atoms with van der Waals surface area (Å²) in [4.78, 5) is 13.3. The van der Waals surface area contributed by atoms with Crippen LogP contribution in [0.1, 0.15) is 296 Å². The molecule has 2 rings (SSSR count). The van der Waals surface area contributed by atoms with Gasteiger partial charge in [-0.2, -0.15) is 0 Å². The van der Waals surface area contributed by atoms with E-state index in [1.165, 1.54) is 193 Å². The maximum Gasteiger partial charge on any atom is 0.220 e. The lowest BCUT2D eigenvalue weighted by atomic mass is 9.97. The molecule has 14 heteroatoms. The third-order valence-electron chi connectivity index (χ3n) is 17.6. The highest BCUT2D eigenvalue weighted by Gasteiger charge is 2.51. The van der Waals surface area contributed by atoms with Gasteiger partial charge in [-0.15, -0.1) is 0 Å². The van der Waals surface area contributed by atoms with Gasteiger partial charge in [0.25, 0.3) is 0 Å². The lowest BCUT2D eigenvalue weighted by Gasteiger charge is -2.46. The highest BCUT2D eigenvalue weighted by molar-refractivity contribution is 5.76. The predicted octanol–water partition coefficient (Wildman–Crippen LogP) is 15.6. The van der Waals surface area contributed by atoms with Crippen molar-refractivity contribution in [3.8, 4) is 0 Å². The molecule has 522 valence electrons. The highest BCUT2D eigenvalue weighted by Crippen LogP contribution is 2.30. The fourth-order valence-corrected chi connectivity index (χ4v) is 11.8. The molecule has 0 aliphatic carbocycles. The SMILES string of the molecule is CC/C=C\C/C=C\C/C=C\C/C=C\C/C=C\C/C=C\CCCCCCCCCCCCCCCCCCCCCCC(=O)NC(COC1OC(CO)C(OC2OC(CO)C(O)C(O)C2O)C(O)C1O)C(O)/C=C/CCCCCCCCCCCCCCCCC. The van der Waals surface area contributed by atoms with Gasteiger partial charge in [0.2, 0.25) is 5.91 Å². The second-order valence-electron chi connectivity index (χ2n) is 25.7. The number of ether oxygens (including phenoxy) is 4. The Morgan fingerprint density at radius 3 is 1.18 bits per heavy atom. The maximum atomic E-state index is 13.3. The van der Waals surface area contributed by atoms with E-state index >= 15 is 0 Å². The number of hydrogen-bond acceptors (Lipinski definition) is 13. The van der Waals surface area contributed by atoms with Crippen LogP contribution in [0.3, 0.4) is 0 Å². The number of aliphatic hydroxyl groups excluding tert-OH is 8. The zero-order valence-corrected chi connectivity index (χ0v) is 56.9. The van der Waals surface area contributed by atoms with Crippen LogP contribution >= 0.6 is 0 Å². The first-order valence-electron chi connectivity index (χ1n) is 36.8. The van der Waals surface area contributed by atoms with Crippen molar-refractivity contribution in [2.24, 2.45) is 0 Å². The Hall–Kier alpha value is -2.83. The molecular formula is C76H135NO13. The second kappa shape index (κ2) is 59.9. The van der Waals surface area contributed by atoms with E-state index in [1.807, 2.05) is 6.08 Å². The molecule has 2 saturated heterocycles. The Morgan fingerprint density at radius 2 is 0.767 bits per heavy atom. The molecule has 90 heavy (non-hydrogen) atoms. The number of nitrogens with one attached hydrogen (secondary N) is 1. The van der Waals surface area contributed by atoms with Crippen molar-refractivity contribution in [3.63, 3.8) is 0 Å². The quantitative estimate of drug-likeness (QED) is 0.0204. The minimum Gasteiger partial charge on any atom is -0.394 e. The summed E-state index contributed by atoms with van der Waals surface area (Å²) in [7, 11) is 0. The van der Waals surface area contributed by atoms with E-state index in [4.69, 9.17) is 18.9 Å². The van der Waals surface area contributed by atoms with Crippen LogP contribution in [0, 0.1) is 0 Å². The molecule has 0 aromatic heterocycles. The summed E-state index contributed by atoms with van der Waals surface area (Å²) < 4.78 is 22.9.